The number of aryl methyl sites for hydroxylation is 1. The highest BCUT2D eigenvalue weighted by Crippen LogP contribution is 2.26. The van der Waals surface area contributed by atoms with Crippen LogP contribution in [0.3, 0.4) is 0 Å². The average Bonchev–Trinajstić information content (AvgIpc) is 2.80. The second-order valence-electron chi connectivity index (χ2n) is 4.98. The number of hydrogen-bond acceptors (Lipinski definition) is 2. The molecular weight excluding hydrogens is 266 g/mol. The predicted molar refractivity (Wildman–Crippen MR) is 72.4 cm³/mol. The fraction of sp³-hybridized carbons (Fsp3) is 0.429. The number of halogens is 1. The number of hydrogen-bond donors (Lipinski definition) is 2. The number of carbonyl (C=O) groups excluding carboxylic acids is 1. The summed E-state index contributed by atoms with van der Waals surface area (Å²) >= 11 is 5.88. The maximum absolute atomic E-state index is 12.1. The van der Waals surface area contributed by atoms with Crippen LogP contribution in [-0.4, -0.2) is 23.0 Å². The van der Waals surface area contributed by atoms with Crippen LogP contribution in [0.1, 0.15) is 35.2 Å². The lowest BCUT2D eigenvalue weighted by atomic mass is 10.1. The van der Waals surface area contributed by atoms with Crippen LogP contribution in [0.15, 0.2) is 18.2 Å². The maximum Gasteiger partial charge on any atom is 0.306 e. The van der Waals surface area contributed by atoms with Crippen molar-refractivity contribution in [3.8, 4) is 0 Å². The van der Waals surface area contributed by atoms with Crippen molar-refractivity contribution in [1.29, 1.82) is 0 Å². The molecule has 0 saturated heterocycles. The summed E-state index contributed by atoms with van der Waals surface area (Å²) in [6, 6.07) is 5.11. The Morgan fingerprint density at radius 1 is 1.37 bits per heavy atom. The van der Waals surface area contributed by atoms with Crippen LogP contribution >= 0.6 is 11.6 Å². The molecule has 0 unspecified atom stereocenters. The summed E-state index contributed by atoms with van der Waals surface area (Å²) in [5.41, 5.74) is 1.40. The summed E-state index contributed by atoms with van der Waals surface area (Å²) in [5, 5.41) is 12.3. The van der Waals surface area contributed by atoms with Gasteiger partial charge in [0.15, 0.2) is 0 Å². The molecule has 0 radical (unpaired) electrons. The molecule has 1 aromatic carbocycles. The molecule has 0 aromatic heterocycles. The van der Waals surface area contributed by atoms with Gasteiger partial charge < -0.3 is 10.4 Å². The lowest BCUT2D eigenvalue weighted by Crippen LogP contribution is -2.33. The average molecular weight is 282 g/mol. The minimum absolute atomic E-state index is 0.0630. The summed E-state index contributed by atoms with van der Waals surface area (Å²) < 4.78 is 0. The molecule has 1 saturated carbocycles. The highest BCUT2D eigenvalue weighted by Gasteiger charge is 2.30. The number of nitrogens with one attached hydrogen (secondary N) is 1. The second kappa shape index (κ2) is 5.61. The fourth-order valence-electron chi connectivity index (χ4n) is 2.44. The summed E-state index contributed by atoms with van der Waals surface area (Å²) in [4.78, 5) is 23.0. The van der Waals surface area contributed by atoms with Gasteiger partial charge in [0.05, 0.1) is 5.92 Å². The summed E-state index contributed by atoms with van der Waals surface area (Å²) in [6.07, 6.45) is 1.83. The Morgan fingerprint density at radius 3 is 2.74 bits per heavy atom. The first-order chi connectivity index (χ1) is 8.97. The van der Waals surface area contributed by atoms with E-state index in [1.54, 1.807) is 18.2 Å². The van der Waals surface area contributed by atoms with Gasteiger partial charge in [-0.15, -0.1) is 0 Å². The molecule has 2 atom stereocenters. The number of amides is 1. The molecule has 0 bridgehead atoms. The van der Waals surface area contributed by atoms with E-state index in [0.717, 1.165) is 5.56 Å². The van der Waals surface area contributed by atoms with Gasteiger partial charge in [-0.05, 0) is 43.9 Å². The third-order valence-electron chi connectivity index (χ3n) is 3.56. The minimum Gasteiger partial charge on any atom is -0.481 e. The Morgan fingerprint density at radius 2 is 2.11 bits per heavy atom. The molecule has 1 aromatic rings. The highest BCUT2D eigenvalue weighted by atomic mass is 35.5. The number of carboxylic acids is 1. The van der Waals surface area contributed by atoms with Gasteiger partial charge in [-0.25, -0.2) is 0 Å². The quantitative estimate of drug-likeness (QED) is 0.895. The first-order valence-electron chi connectivity index (χ1n) is 6.27. The highest BCUT2D eigenvalue weighted by molar-refractivity contribution is 6.31. The first kappa shape index (κ1) is 13.9. The lowest BCUT2D eigenvalue weighted by Gasteiger charge is -2.14. The molecule has 1 aliphatic carbocycles. The molecule has 0 heterocycles. The van der Waals surface area contributed by atoms with E-state index >= 15 is 0 Å². The van der Waals surface area contributed by atoms with Crippen LogP contribution in [0.25, 0.3) is 0 Å². The largest absolute Gasteiger partial charge is 0.481 e. The molecule has 1 aliphatic rings. The fourth-order valence-corrected chi connectivity index (χ4v) is 2.61. The number of carbonyl (C=O) groups is 2. The van der Waals surface area contributed by atoms with Gasteiger partial charge in [-0.1, -0.05) is 17.7 Å². The second-order valence-corrected chi connectivity index (χ2v) is 5.41. The molecule has 0 aliphatic heterocycles. The Hall–Kier alpha value is -1.55. The predicted octanol–water partition coefficient (Wildman–Crippen LogP) is 2.63. The van der Waals surface area contributed by atoms with Gasteiger partial charge in [0.2, 0.25) is 0 Å². The molecule has 5 heteroatoms. The zero-order valence-corrected chi connectivity index (χ0v) is 11.4. The van der Waals surface area contributed by atoms with E-state index in [9.17, 15) is 9.59 Å². The van der Waals surface area contributed by atoms with Crippen molar-refractivity contribution < 1.29 is 14.7 Å². The Labute approximate surface area is 116 Å². The molecule has 4 nitrogen and oxygen atoms in total. The molecule has 2 N–H and O–H groups in total. The lowest BCUT2D eigenvalue weighted by molar-refractivity contribution is -0.141. The third kappa shape index (κ3) is 3.26. The van der Waals surface area contributed by atoms with Gasteiger partial charge in [0.1, 0.15) is 0 Å². The Balaban J connectivity index is 2.02. The van der Waals surface area contributed by atoms with Crippen molar-refractivity contribution in [2.45, 2.75) is 32.2 Å². The normalized spacial score (nSPS) is 22.2. The van der Waals surface area contributed by atoms with E-state index in [-0.39, 0.29) is 17.9 Å². The zero-order valence-electron chi connectivity index (χ0n) is 10.6. The molecule has 102 valence electrons. The summed E-state index contributed by atoms with van der Waals surface area (Å²) in [5.74, 6) is -1.31. The van der Waals surface area contributed by atoms with Gasteiger partial charge in [0, 0.05) is 16.6 Å². The van der Waals surface area contributed by atoms with Gasteiger partial charge in [-0.2, -0.15) is 0 Å². The smallest absolute Gasteiger partial charge is 0.306 e. The summed E-state index contributed by atoms with van der Waals surface area (Å²) in [7, 11) is 0. The van der Waals surface area contributed by atoms with Gasteiger partial charge in [-0.3, -0.25) is 9.59 Å². The molecule has 19 heavy (non-hydrogen) atoms. The Kier molecular flexibility index (Phi) is 4.10. The number of rotatable bonds is 3. The van der Waals surface area contributed by atoms with E-state index in [2.05, 4.69) is 5.32 Å². The molecule has 1 amide bonds. The van der Waals surface area contributed by atoms with E-state index in [4.69, 9.17) is 16.7 Å². The molecule has 0 spiro atoms. The minimum atomic E-state index is -0.782. The standard InChI is InChI=1S/C14H16ClNO3/c1-8-2-4-10(15)7-12(8)13(17)16-11-5-3-9(6-11)14(18)19/h2,4,7,9,11H,3,5-6H2,1H3,(H,16,17)(H,18,19)/t9-,11+/m0/s1. The van der Waals surface area contributed by atoms with Crippen molar-refractivity contribution in [3.05, 3.63) is 34.3 Å². The van der Waals surface area contributed by atoms with Gasteiger partial charge in [0.25, 0.3) is 5.91 Å². The van der Waals surface area contributed by atoms with E-state index in [0.29, 0.717) is 29.8 Å². The van der Waals surface area contributed by atoms with Crippen molar-refractivity contribution in [1.82, 2.24) is 5.32 Å². The topological polar surface area (TPSA) is 66.4 Å². The molecular formula is C14H16ClNO3. The zero-order chi connectivity index (χ0) is 14.0. The van der Waals surface area contributed by atoms with E-state index in [1.165, 1.54) is 0 Å². The SMILES string of the molecule is Cc1ccc(Cl)cc1C(=O)N[C@@H]1CC[C@H](C(=O)O)C1. The van der Waals surface area contributed by atoms with Crippen LogP contribution in [-0.2, 0) is 4.79 Å². The van der Waals surface area contributed by atoms with E-state index < -0.39 is 5.97 Å². The van der Waals surface area contributed by atoms with Crippen LogP contribution < -0.4 is 5.32 Å². The number of aliphatic carboxylic acids is 1. The van der Waals surface area contributed by atoms with E-state index in [1.807, 2.05) is 6.92 Å². The van der Waals surface area contributed by atoms with Crippen molar-refractivity contribution in [2.24, 2.45) is 5.92 Å². The summed E-state index contributed by atoms with van der Waals surface area (Å²) in [6.45, 7) is 1.85. The van der Waals surface area contributed by atoms with Crippen LogP contribution in [0.5, 0.6) is 0 Å². The maximum atomic E-state index is 12.1. The first-order valence-corrected chi connectivity index (χ1v) is 6.65. The molecule has 2 rings (SSSR count). The van der Waals surface area contributed by atoms with Crippen LogP contribution in [0.2, 0.25) is 5.02 Å². The number of benzene rings is 1. The third-order valence-corrected chi connectivity index (χ3v) is 3.80. The van der Waals surface area contributed by atoms with Crippen LogP contribution in [0, 0.1) is 12.8 Å². The van der Waals surface area contributed by atoms with Crippen LogP contribution in [0.4, 0.5) is 0 Å². The van der Waals surface area contributed by atoms with Crippen molar-refractivity contribution in [3.63, 3.8) is 0 Å². The van der Waals surface area contributed by atoms with Crippen molar-refractivity contribution in [2.75, 3.05) is 0 Å². The molecule has 1 fully saturated rings. The van der Waals surface area contributed by atoms with Crippen molar-refractivity contribution >= 4 is 23.5 Å². The monoisotopic (exact) mass is 281 g/mol. The van der Waals surface area contributed by atoms with Gasteiger partial charge >= 0.3 is 5.97 Å². The Bertz CT molecular complexity index is 515. The number of carboxylic acid groups (broad SMARTS) is 1.